The van der Waals surface area contributed by atoms with Crippen molar-refractivity contribution in [2.45, 2.75) is 39.7 Å². The summed E-state index contributed by atoms with van der Waals surface area (Å²) < 4.78 is 0. The van der Waals surface area contributed by atoms with Crippen LogP contribution in [0.15, 0.2) is 0 Å². The van der Waals surface area contributed by atoms with E-state index in [1.54, 1.807) is 19.0 Å². The van der Waals surface area contributed by atoms with Gasteiger partial charge in [-0.05, 0) is 19.3 Å². The Bertz CT molecular complexity index is 266. The minimum absolute atomic E-state index is 0.0192. The molecule has 0 aromatic carbocycles. The molecule has 17 heavy (non-hydrogen) atoms. The number of nitrogens with zero attached hydrogens (tertiary/aromatic N) is 2. The zero-order chi connectivity index (χ0) is 13.6. The molecule has 5 heteroatoms. The van der Waals surface area contributed by atoms with Crippen molar-refractivity contribution >= 4 is 12.0 Å². The maximum absolute atomic E-state index is 11.9. The van der Waals surface area contributed by atoms with E-state index in [0.29, 0.717) is 5.92 Å². The quantitative estimate of drug-likeness (QED) is 0.776. The molecule has 0 aliphatic heterocycles. The lowest BCUT2D eigenvalue weighted by atomic mass is 10.0. The topological polar surface area (TPSA) is 60.9 Å². The highest BCUT2D eigenvalue weighted by atomic mass is 16.4. The van der Waals surface area contributed by atoms with Gasteiger partial charge in [-0.25, -0.2) is 4.79 Å². The fraction of sp³-hybridized carbons (Fsp3) is 0.833. The predicted octanol–water partition coefficient (Wildman–Crippen LogP) is 1.88. The number of hydrogen-bond acceptors (Lipinski definition) is 2. The Kier molecular flexibility index (Phi) is 6.61. The fourth-order valence-corrected chi connectivity index (χ4v) is 1.66. The van der Waals surface area contributed by atoms with E-state index < -0.39 is 5.97 Å². The molecule has 1 N–H and O–H groups in total. The van der Waals surface area contributed by atoms with Crippen LogP contribution in [0.5, 0.6) is 0 Å². The first-order chi connectivity index (χ1) is 7.75. The van der Waals surface area contributed by atoms with Gasteiger partial charge < -0.3 is 14.9 Å². The van der Waals surface area contributed by atoms with E-state index in [0.717, 1.165) is 6.42 Å². The molecule has 0 bridgehead atoms. The molecule has 5 nitrogen and oxygen atoms in total. The van der Waals surface area contributed by atoms with Crippen LogP contribution in [0.25, 0.3) is 0 Å². The summed E-state index contributed by atoms with van der Waals surface area (Å²) in [7, 11) is 3.39. The van der Waals surface area contributed by atoms with Crippen molar-refractivity contribution in [2.24, 2.45) is 5.92 Å². The molecular weight excluding hydrogens is 220 g/mol. The van der Waals surface area contributed by atoms with Gasteiger partial charge in [0.15, 0.2) is 0 Å². The second kappa shape index (κ2) is 7.14. The van der Waals surface area contributed by atoms with Gasteiger partial charge in [-0.3, -0.25) is 4.79 Å². The van der Waals surface area contributed by atoms with E-state index in [-0.39, 0.29) is 25.0 Å². The van der Waals surface area contributed by atoms with Gasteiger partial charge in [0.1, 0.15) is 0 Å². The molecule has 1 unspecified atom stereocenters. The standard InChI is InChI=1S/C12H24N2O3/c1-9(2)8-10(3)14(5)12(17)13(4)7-6-11(15)16/h9-10H,6-8H2,1-5H3,(H,15,16). The van der Waals surface area contributed by atoms with Crippen LogP contribution in [0.4, 0.5) is 4.79 Å². The monoisotopic (exact) mass is 244 g/mol. The molecule has 0 aromatic heterocycles. The third-order valence-electron chi connectivity index (χ3n) is 2.76. The molecule has 0 saturated carbocycles. The maximum Gasteiger partial charge on any atom is 0.319 e. The second-order valence-electron chi connectivity index (χ2n) is 4.94. The van der Waals surface area contributed by atoms with Gasteiger partial charge in [-0.1, -0.05) is 13.8 Å². The Morgan fingerprint density at radius 2 is 1.71 bits per heavy atom. The molecule has 0 fully saturated rings. The van der Waals surface area contributed by atoms with Gasteiger partial charge in [-0.2, -0.15) is 0 Å². The molecule has 0 rings (SSSR count). The first-order valence-corrected chi connectivity index (χ1v) is 5.95. The van der Waals surface area contributed by atoms with Crippen molar-refractivity contribution in [3.8, 4) is 0 Å². The molecule has 0 heterocycles. The summed E-state index contributed by atoms with van der Waals surface area (Å²) in [5.74, 6) is -0.355. The van der Waals surface area contributed by atoms with Gasteiger partial charge in [0, 0.05) is 26.7 Å². The summed E-state index contributed by atoms with van der Waals surface area (Å²) >= 11 is 0. The Morgan fingerprint density at radius 3 is 2.12 bits per heavy atom. The number of hydrogen-bond donors (Lipinski definition) is 1. The number of aliphatic carboxylic acids is 1. The minimum atomic E-state index is -0.887. The summed E-state index contributed by atoms with van der Waals surface area (Å²) in [6, 6.07) is 0.0363. The number of carboxylic acid groups (broad SMARTS) is 1. The largest absolute Gasteiger partial charge is 0.481 e. The van der Waals surface area contributed by atoms with Crippen LogP contribution in [0.1, 0.15) is 33.6 Å². The summed E-state index contributed by atoms with van der Waals surface area (Å²) in [6.45, 7) is 6.47. The van der Waals surface area contributed by atoms with Gasteiger partial charge in [0.05, 0.1) is 6.42 Å². The molecule has 0 saturated heterocycles. The van der Waals surface area contributed by atoms with Crippen LogP contribution in [-0.4, -0.2) is 53.6 Å². The molecule has 100 valence electrons. The van der Waals surface area contributed by atoms with Crippen LogP contribution in [0, 0.1) is 5.92 Å². The first-order valence-electron chi connectivity index (χ1n) is 5.95. The van der Waals surface area contributed by atoms with Crippen molar-refractivity contribution in [3.63, 3.8) is 0 Å². The zero-order valence-electron chi connectivity index (χ0n) is 11.4. The number of amides is 2. The van der Waals surface area contributed by atoms with E-state index in [9.17, 15) is 9.59 Å². The molecular formula is C12H24N2O3. The molecule has 0 radical (unpaired) electrons. The van der Waals surface area contributed by atoms with E-state index in [2.05, 4.69) is 13.8 Å². The van der Waals surface area contributed by atoms with Crippen LogP contribution in [0.2, 0.25) is 0 Å². The van der Waals surface area contributed by atoms with Gasteiger partial charge in [0.25, 0.3) is 0 Å². The second-order valence-corrected chi connectivity index (χ2v) is 4.94. The Morgan fingerprint density at radius 1 is 1.18 bits per heavy atom. The Labute approximate surface area is 103 Å². The van der Waals surface area contributed by atoms with E-state index >= 15 is 0 Å². The van der Waals surface area contributed by atoms with E-state index in [4.69, 9.17) is 5.11 Å². The van der Waals surface area contributed by atoms with Gasteiger partial charge >= 0.3 is 12.0 Å². The average molecular weight is 244 g/mol. The Balaban J connectivity index is 4.23. The molecule has 0 aliphatic carbocycles. The predicted molar refractivity (Wildman–Crippen MR) is 67.0 cm³/mol. The highest BCUT2D eigenvalue weighted by Crippen LogP contribution is 2.11. The van der Waals surface area contributed by atoms with Gasteiger partial charge in [0.2, 0.25) is 0 Å². The first kappa shape index (κ1) is 15.7. The number of carbonyl (C=O) groups excluding carboxylic acids is 1. The number of urea groups is 1. The lowest BCUT2D eigenvalue weighted by molar-refractivity contribution is -0.137. The average Bonchev–Trinajstić information content (AvgIpc) is 2.22. The van der Waals surface area contributed by atoms with Crippen LogP contribution in [0.3, 0.4) is 0 Å². The summed E-state index contributed by atoms with van der Waals surface area (Å²) in [5, 5.41) is 8.56. The number of carbonyl (C=O) groups is 2. The lowest BCUT2D eigenvalue weighted by Crippen LogP contribution is -2.44. The van der Waals surface area contributed by atoms with E-state index in [1.807, 2.05) is 6.92 Å². The lowest BCUT2D eigenvalue weighted by Gasteiger charge is -2.30. The van der Waals surface area contributed by atoms with Crippen molar-refractivity contribution in [3.05, 3.63) is 0 Å². The van der Waals surface area contributed by atoms with Crippen LogP contribution in [-0.2, 0) is 4.79 Å². The zero-order valence-corrected chi connectivity index (χ0v) is 11.4. The highest BCUT2D eigenvalue weighted by Gasteiger charge is 2.20. The summed E-state index contributed by atoms with van der Waals surface area (Å²) in [4.78, 5) is 25.5. The van der Waals surface area contributed by atoms with Crippen LogP contribution < -0.4 is 0 Å². The van der Waals surface area contributed by atoms with Crippen molar-refractivity contribution in [1.82, 2.24) is 9.80 Å². The van der Waals surface area contributed by atoms with Crippen LogP contribution >= 0.6 is 0 Å². The number of carboxylic acids is 1. The van der Waals surface area contributed by atoms with Crippen molar-refractivity contribution < 1.29 is 14.7 Å². The third-order valence-corrected chi connectivity index (χ3v) is 2.76. The molecule has 0 aromatic rings. The molecule has 1 atom stereocenters. The Hall–Kier alpha value is -1.26. The molecule has 2 amide bonds. The van der Waals surface area contributed by atoms with Gasteiger partial charge in [-0.15, -0.1) is 0 Å². The van der Waals surface area contributed by atoms with Crippen molar-refractivity contribution in [1.29, 1.82) is 0 Å². The number of rotatable bonds is 6. The normalized spacial score (nSPS) is 12.4. The summed E-state index contributed by atoms with van der Waals surface area (Å²) in [6.07, 6.45) is 0.920. The van der Waals surface area contributed by atoms with Crippen molar-refractivity contribution in [2.75, 3.05) is 20.6 Å². The summed E-state index contributed by atoms with van der Waals surface area (Å²) in [5.41, 5.74) is 0. The smallest absolute Gasteiger partial charge is 0.319 e. The fourth-order valence-electron chi connectivity index (χ4n) is 1.66. The molecule has 0 spiro atoms. The third kappa shape index (κ3) is 6.14. The maximum atomic E-state index is 11.9. The van der Waals surface area contributed by atoms with E-state index in [1.165, 1.54) is 4.90 Å². The minimum Gasteiger partial charge on any atom is -0.481 e. The molecule has 0 aliphatic rings. The highest BCUT2D eigenvalue weighted by molar-refractivity contribution is 5.75. The SMILES string of the molecule is CC(C)CC(C)N(C)C(=O)N(C)CCC(=O)O.